The Morgan fingerprint density at radius 1 is 0.815 bits per heavy atom. The van der Waals surface area contributed by atoms with E-state index < -0.39 is 23.4 Å². The second kappa shape index (κ2) is 7.65. The minimum absolute atomic E-state index is 0.0797. The smallest absolute Gasteiger partial charge is 0.273 e. The predicted molar refractivity (Wildman–Crippen MR) is 94.7 cm³/mol. The van der Waals surface area contributed by atoms with E-state index in [4.69, 9.17) is 4.42 Å². The molecule has 3 aromatic rings. The van der Waals surface area contributed by atoms with E-state index in [0.29, 0.717) is 5.76 Å². The zero-order valence-corrected chi connectivity index (χ0v) is 14.3. The normalized spacial score (nSPS) is 10.3. The number of ketones is 1. The highest BCUT2D eigenvalue weighted by atomic mass is 19.1. The Bertz CT molecular complexity index is 1010. The Hall–Kier alpha value is -3.74. The summed E-state index contributed by atoms with van der Waals surface area (Å²) in [5.74, 6) is -1.69. The average Bonchev–Trinajstić information content (AvgIpc) is 3.12. The third-order valence-corrected chi connectivity index (χ3v) is 3.92. The van der Waals surface area contributed by atoms with Gasteiger partial charge in [0.1, 0.15) is 11.6 Å². The SMILES string of the molecule is Cc1occc1C(=O)NNC(=O)c1ccccc1C(=O)c1ccc(F)cc1. The van der Waals surface area contributed by atoms with Gasteiger partial charge < -0.3 is 4.42 Å². The fourth-order valence-electron chi connectivity index (χ4n) is 2.50. The van der Waals surface area contributed by atoms with Crippen LogP contribution in [-0.2, 0) is 0 Å². The van der Waals surface area contributed by atoms with Crippen molar-refractivity contribution >= 4 is 17.6 Å². The largest absolute Gasteiger partial charge is 0.469 e. The fourth-order valence-corrected chi connectivity index (χ4v) is 2.50. The number of nitrogens with one attached hydrogen (secondary N) is 2. The molecule has 27 heavy (non-hydrogen) atoms. The molecular weight excluding hydrogens is 351 g/mol. The summed E-state index contributed by atoms with van der Waals surface area (Å²) in [6.07, 6.45) is 1.36. The lowest BCUT2D eigenvalue weighted by atomic mass is 9.98. The molecule has 2 N–H and O–H groups in total. The number of amides is 2. The Morgan fingerprint density at radius 2 is 1.41 bits per heavy atom. The number of furan rings is 1. The third kappa shape index (κ3) is 3.92. The van der Waals surface area contributed by atoms with E-state index in [9.17, 15) is 18.8 Å². The van der Waals surface area contributed by atoms with Crippen molar-refractivity contribution in [2.75, 3.05) is 0 Å². The number of aryl methyl sites for hydroxylation is 1. The molecule has 0 radical (unpaired) electrons. The highest BCUT2D eigenvalue weighted by Crippen LogP contribution is 2.15. The van der Waals surface area contributed by atoms with Crippen LogP contribution in [0.3, 0.4) is 0 Å². The first kappa shape index (κ1) is 18.1. The van der Waals surface area contributed by atoms with Crippen LogP contribution in [0, 0.1) is 12.7 Å². The maximum absolute atomic E-state index is 13.1. The van der Waals surface area contributed by atoms with Crippen LogP contribution in [0.2, 0.25) is 0 Å². The molecule has 2 amide bonds. The minimum Gasteiger partial charge on any atom is -0.469 e. The Balaban J connectivity index is 1.78. The standard InChI is InChI=1S/C20H15FN2O4/c1-12-15(10-11-27-12)19(25)22-23-20(26)17-5-3-2-4-16(17)18(24)13-6-8-14(21)9-7-13/h2-11H,1H3,(H,22,25)(H,23,26). The molecule has 0 spiro atoms. The molecule has 6 nitrogen and oxygen atoms in total. The molecule has 2 aromatic carbocycles. The highest BCUT2D eigenvalue weighted by Gasteiger charge is 2.19. The number of hydrogen-bond acceptors (Lipinski definition) is 4. The fraction of sp³-hybridized carbons (Fsp3) is 0.0500. The molecule has 0 aliphatic rings. The molecule has 0 bridgehead atoms. The van der Waals surface area contributed by atoms with Gasteiger partial charge in [0.05, 0.1) is 17.4 Å². The number of halogens is 1. The lowest BCUT2D eigenvalue weighted by Crippen LogP contribution is -2.42. The van der Waals surface area contributed by atoms with Gasteiger partial charge in [-0.15, -0.1) is 0 Å². The van der Waals surface area contributed by atoms with Crippen molar-refractivity contribution in [2.45, 2.75) is 6.92 Å². The Labute approximate surface area is 154 Å². The summed E-state index contributed by atoms with van der Waals surface area (Å²) in [7, 11) is 0. The molecule has 7 heteroatoms. The van der Waals surface area contributed by atoms with Crippen molar-refractivity contribution in [1.29, 1.82) is 0 Å². The summed E-state index contributed by atoms with van der Waals surface area (Å²) < 4.78 is 18.1. The van der Waals surface area contributed by atoms with Gasteiger partial charge in [0.25, 0.3) is 11.8 Å². The van der Waals surface area contributed by atoms with Crippen LogP contribution in [0.4, 0.5) is 4.39 Å². The maximum atomic E-state index is 13.1. The molecule has 0 aliphatic carbocycles. The van der Waals surface area contributed by atoms with Crippen LogP contribution >= 0.6 is 0 Å². The van der Waals surface area contributed by atoms with Crippen molar-refractivity contribution in [1.82, 2.24) is 10.9 Å². The third-order valence-electron chi connectivity index (χ3n) is 3.92. The van der Waals surface area contributed by atoms with Crippen LogP contribution in [0.1, 0.15) is 42.4 Å². The Kier molecular flexibility index (Phi) is 5.12. The van der Waals surface area contributed by atoms with Gasteiger partial charge >= 0.3 is 0 Å². The lowest BCUT2D eigenvalue weighted by molar-refractivity contribution is 0.0844. The molecule has 3 rings (SSSR count). The van der Waals surface area contributed by atoms with Gasteiger partial charge in [0, 0.05) is 11.1 Å². The molecule has 0 aliphatic heterocycles. The van der Waals surface area contributed by atoms with Gasteiger partial charge in [0.2, 0.25) is 0 Å². The molecule has 0 saturated carbocycles. The van der Waals surface area contributed by atoms with Crippen LogP contribution in [-0.4, -0.2) is 17.6 Å². The van der Waals surface area contributed by atoms with Crippen molar-refractivity contribution in [3.8, 4) is 0 Å². The van der Waals surface area contributed by atoms with Crippen molar-refractivity contribution < 1.29 is 23.2 Å². The number of hydrazine groups is 1. The number of hydrogen-bond donors (Lipinski definition) is 2. The summed E-state index contributed by atoms with van der Waals surface area (Å²) >= 11 is 0. The van der Waals surface area contributed by atoms with Gasteiger partial charge in [-0.05, 0) is 43.3 Å². The van der Waals surface area contributed by atoms with E-state index in [1.54, 1.807) is 19.1 Å². The van der Waals surface area contributed by atoms with E-state index in [0.717, 1.165) is 0 Å². The number of carbonyl (C=O) groups is 3. The number of carbonyl (C=O) groups excluding carboxylic acids is 3. The summed E-state index contributed by atoms with van der Waals surface area (Å²) in [4.78, 5) is 37.1. The monoisotopic (exact) mass is 366 g/mol. The quantitative estimate of drug-likeness (QED) is 0.549. The van der Waals surface area contributed by atoms with Crippen LogP contribution < -0.4 is 10.9 Å². The van der Waals surface area contributed by atoms with Crippen molar-refractivity contribution in [2.24, 2.45) is 0 Å². The highest BCUT2D eigenvalue weighted by molar-refractivity contribution is 6.15. The summed E-state index contributed by atoms with van der Waals surface area (Å²) in [6.45, 7) is 1.62. The topological polar surface area (TPSA) is 88.4 Å². The van der Waals surface area contributed by atoms with Crippen LogP contribution in [0.5, 0.6) is 0 Å². The summed E-state index contributed by atoms with van der Waals surface area (Å²) in [5.41, 5.74) is 5.30. The molecule has 0 fully saturated rings. The zero-order chi connectivity index (χ0) is 19.4. The van der Waals surface area contributed by atoms with Gasteiger partial charge in [-0.1, -0.05) is 18.2 Å². The molecule has 0 unspecified atom stereocenters. The number of benzene rings is 2. The van der Waals surface area contributed by atoms with Gasteiger partial charge in [-0.2, -0.15) is 0 Å². The maximum Gasteiger partial charge on any atom is 0.273 e. The second-order valence-electron chi connectivity index (χ2n) is 5.68. The van der Waals surface area contributed by atoms with E-state index in [1.165, 1.54) is 48.7 Å². The van der Waals surface area contributed by atoms with Gasteiger partial charge in [0.15, 0.2) is 5.78 Å². The molecule has 0 saturated heterocycles. The predicted octanol–water partition coefficient (Wildman–Crippen LogP) is 3.03. The first-order valence-corrected chi connectivity index (χ1v) is 8.01. The average molecular weight is 366 g/mol. The second-order valence-corrected chi connectivity index (χ2v) is 5.68. The van der Waals surface area contributed by atoms with E-state index in [1.807, 2.05) is 0 Å². The van der Waals surface area contributed by atoms with Crippen LogP contribution in [0.15, 0.2) is 65.3 Å². The first-order chi connectivity index (χ1) is 13.0. The van der Waals surface area contributed by atoms with Crippen molar-refractivity contribution in [3.05, 3.63) is 94.7 Å². The van der Waals surface area contributed by atoms with Gasteiger partial charge in [-0.25, -0.2) is 4.39 Å². The molecule has 136 valence electrons. The molecular formula is C20H15FN2O4. The molecule has 0 atom stereocenters. The molecule has 1 heterocycles. The van der Waals surface area contributed by atoms with E-state index in [2.05, 4.69) is 10.9 Å². The zero-order valence-electron chi connectivity index (χ0n) is 14.3. The minimum atomic E-state index is -0.657. The first-order valence-electron chi connectivity index (χ1n) is 8.01. The lowest BCUT2D eigenvalue weighted by Gasteiger charge is -2.10. The summed E-state index contributed by atoms with van der Waals surface area (Å²) in [5, 5.41) is 0. The van der Waals surface area contributed by atoms with E-state index >= 15 is 0 Å². The van der Waals surface area contributed by atoms with Gasteiger partial charge in [-0.3, -0.25) is 25.2 Å². The number of rotatable bonds is 4. The summed E-state index contributed by atoms with van der Waals surface area (Å²) in [6, 6.07) is 12.7. The molecule has 1 aromatic heterocycles. The van der Waals surface area contributed by atoms with Crippen molar-refractivity contribution in [3.63, 3.8) is 0 Å². The Morgan fingerprint density at radius 3 is 2.00 bits per heavy atom. The van der Waals surface area contributed by atoms with Crippen LogP contribution in [0.25, 0.3) is 0 Å². The van der Waals surface area contributed by atoms with E-state index in [-0.39, 0.29) is 22.3 Å².